The van der Waals surface area contributed by atoms with E-state index in [0.717, 1.165) is 10.5 Å². The lowest BCUT2D eigenvalue weighted by atomic mass is 10.1. The predicted molar refractivity (Wildman–Crippen MR) is 129 cm³/mol. The zero-order valence-corrected chi connectivity index (χ0v) is 19.8. The molecule has 3 aromatic carbocycles. The molecule has 176 valence electrons. The summed E-state index contributed by atoms with van der Waals surface area (Å²) in [6.45, 7) is 4.08. The van der Waals surface area contributed by atoms with Crippen LogP contribution in [0.3, 0.4) is 0 Å². The van der Waals surface area contributed by atoms with E-state index in [1.807, 2.05) is 37.3 Å². The molecule has 0 spiro atoms. The van der Waals surface area contributed by atoms with Crippen molar-refractivity contribution in [3.8, 4) is 5.75 Å². The van der Waals surface area contributed by atoms with E-state index in [2.05, 4.69) is 0 Å². The fraction of sp³-hybridized carbons (Fsp3) is 0.231. The van der Waals surface area contributed by atoms with Gasteiger partial charge in [0.05, 0.1) is 23.6 Å². The molecule has 2 amide bonds. The summed E-state index contributed by atoms with van der Waals surface area (Å²) in [6, 6.07) is 21.8. The number of amides is 2. The molecule has 0 saturated carbocycles. The molecule has 0 aromatic heterocycles. The molecular formula is C26H26N2O5S. The Balaban J connectivity index is 1.74. The third-order valence-corrected chi connectivity index (χ3v) is 7.81. The largest absolute Gasteiger partial charge is 0.494 e. The van der Waals surface area contributed by atoms with Gasteiger partial charge < -0.3 is 4.74 Å². The molecule has 0 aliphatic carbocycles. The van der Waals surface area contributed by atoms with Gasteiger partial charge in [0, 0.05) is 6.04 Å². The van der Waals surface area contributed by atoms with Crippen LogP contribution in [-0.4, -0.2) is 37.2 Å². The summed E-state index contributed by atoms with van der Waals surface area (Å²) >= 11 is 0. The number of carbonyl (C=O) groups is 2. The predicted octanol–water partition coefficient (Wildman–Crippen LogP) is 4.17. The maximum Gasteiger partial charge on any atom is 0.252 e. The van der Waals surface area contributed by atoms with E-state index in [4.69, 9.17) is 4.74 Å². The first-order valence-corrected chi connectivity index (χ1v) is 12.5. The standard InChI is InChI=1S/C26H26N2O5S/c1-3-33-22-16-14-21(15-17-22)27-25(29)18-24(26(27)30)28(19(2)20-10-6-4-7-11-20)34(31,32)23-12-8-5-9-13-23/h4-17,19,24H,3,18H2,1-2H3. The third kappa shape index (κ3) is 4.47. The van der Waals surface area contributed by atoms with E-state index >= 15 is 0 Å². The zero-order valence-electron chi connectivity index (χ0n) is 19.0. The molecule has 1 aliphatic heterocycles. The Kier molecular flexibility index (Phi) is 6.81. The minimum Gasteiger partial charge on any atom is -0.494 e. The number of benzene rings is 3. The van der Waals surface area contributed by atoms with Crippen molar-refractivity contribution in [2.75, 3.05) is 11.5 Å². The number of hydrogen-bond acceptors (Lipinski definition) is 5. The Morgan fingerprint density at radius 3 is 2.12 bits per heavy atom. The lowest BCUT2D eigenvalue weighted by Gasteiger charge is -2.32. The van der Waals surface area contributed by atoms with E-state index in [-0.39, 0.29) is 11.3 Å². The SMILES string of the molecule is CCOc1ccc(N2C(=O)CC(N(C(C)c3ccccc3)S(=O)(=O)c3ccccc3)C2=O)cc1. The van der Waals surface area contributed by atoms with Crippen LogP contribution in [0.15, 0.2) is 89.8 Å². The average molecular weight is 479 g/mol. The molecule has 0 radical (unpaired) electrons. The smallest absolute Gasteiger partial charge is 0.252 e. The van der Waals surface area contributed by atoms with Gasteiger partial charge in [-0.2, -0.15) is 4.31 Å². The summed E-state index contributed by atoms with van der Waals surface area (Å²) in [4.78, 5) is 27.7. The monoisotopic (exact) mass is 478 g/mol. The lowest BCUT2D eigenvalue weighted by Crippen LogP contribution is -2.46. The van der Waals surface area contributed by atoms with Crippen molar-refractivity contribution in [2.45, 2.75) is 37.2 Å². The van der Waals surface area contributed by atoms with Crippen LogP contribution in [0.5, 0.6) is 5.75 Å². The Hall–Kier alpha value is -3.49. The van der Waals surface area contributed by atoms with Gasteiger partial charge in [-0.1, -0.05) is 48.5 Å². The highest BCUT2D eigenvalue weighted by molar-refractivity contribution is 7.89. The van der Waals surface area contributed by atoms with Crippen LogP contribution in [0.4, 0.5) is 5.69 Å². The van der Waals surface area contributed by atoms with E-state index < -0.39 is 33.9 Å². The van der Waals surface area contributed by atoms with Crippen LogP contribution in [0.1, 0.15) is 31.9 Å². The molecule has 2 atom stereocenters. The number of nitrogens with zero attached hydrogens (tertiary/aromatic N) is 2. The molecule has 4 rings (SSSR count). The fourth-order valence-electron chi connectivity index (χ4n) is 4.18. The quantitative estimate of drug-likeness (QED) is 0.454. The first-order chi connectivity index (χ1) is 16.3. The number of sulfonamides is 1. The maximum absolute atomic E-state index is 13.8. The molecule has 7 nitrogen and oxygen atoms in total. The molecule has 1 aliphatic rings. The van der Waals surface area contributed by atoms with Gasteiger partial charge in [-0.25, -0.2) is 13.3 Å². The maximum atomic E-state index is 13.8. The van der Waals surface area contributed by atoms with Gasteiger partial charge in [-0.05, 0) is 55.8 Å². The number of ether oxygens (including phenoxy) is 1. The van der Waals surface area contributed by atoms with Crippen LogP contribution in [-0.2, 0) is 19.6 Å². The Labute approximate surface area is 199 Å². The van der Waals surface area contributed by atoms with Crippen molar-refractivity contribution in [1.29, 1.82) is 0 Å². The molecular weight excluding hydrogens is 452 g/mol. The van der Waals surface area contributed by atoms with Crippen molar-refractivity contribution in [3.63, 3.8) is 0 Å². The minimum absolute atomic E-state index is 0.0672. The highest BCUT2D eigenvalue weighted by Gasteiger charge is 2.48. The molecule has 3 aromatic rings. The fourth-order valence-corrected chi connectivity index (χ4v) is 5.96. The Bertz CT molecular complexity index is 1260. The Morgan fingerprint density at radius 1 is 0.941 bits per heavy atom. The average Bonchev–Trinajstić information content (AvgIpc) is 3.14. The number of carbonyl (C=O) groups excluding carboxylic acids is 2. The molecule has 0 bridgehead atoms. The molecule has 1 heterocycles. The summed E-state index contributed by atoms with van der Waals surface area (Å²) in [5.74, 6) is -0.406. The second-order valence-corrected chi connectivity index (χ2v) is 9.79. The summed E-state index contributed by atoms with van der Waals surface area (Å²) in [5.41, 5.74) is 1.10. The van der Waals surface area contributed by atoms with Gasteiger partial charge in [0.2, 0.25) is 15.9 Å². The highest BCUT2D eigenvalue weighted by atomic mass is 32.2. The van der Waals surface area contributed by atoms with Crippen molar-refractivity contribution >= 4 is 27.5 Å². The molecule has 8 heteroatoms. The zero-order chi connectivity index (χ0) is 24.3. The summed E-state index contributed by atoms with van der Waals surface area (Å²) < 4.78 is 34.2. The number of rotatable bonds is 8. The van der Waals surface area contributed by atoms with Crippen molar-refractivity contribution in [3.05, 3.63) is 90.5 Å². The molecule has 34 heavy (non-hydrogen) atoms. The van der Waals surface area contributed by atoms with E-state index in [9.17, 15) is 18.0 Å². The topological polar surface area (TPSA) is 84.0 Å². The van der Waals surface area contributed by atoms with E-state index in [1.165, 1.54) is 16.4 Å². The van der Waals surface area contributed by atoms with Gasteiger partial charge >= 0.3 is 0 Å². The summed E-state index contributed by atoms with van der Waals surface area (Å²) in [6.07, 6.45) is -0.241. The Morgan fingerprint density at radius 2 is 1.53 bits per heavy atom. The number of hydrogen-bond donors (Lipinski definition) is 0. The van der Waals surface area contributed by atoms with E-state index in [1.54, 1.807) is 49.4 Å². The normalized spacial score (nSPS) is 17.3. The van der Waals surface area contributed by atoms with Gasteiger partial charge in [0.15, 0.2) is 0 Å². The molecule has 2 unspecified atom stereocenters. The van der Waals surface area contributed by atoms with Gasteiger partial charge in [-0.3, -0.25) is 9.59 Å². The van der Waals surface area contributed by atoms with Gasteiger partial charge in [0.25, 0.3) is 5.91 Å². The highest BCUT2D eigenvalue weighted by Crippen LogP contribution is 2.35. The summed E-state index contributed by atoms with van der Waals surface area (Å²) in [7, 11) is -4.09. The van der Waals surface area contributed by atoms with Crippen LogP contribution < -0.4 is 9.64 Å². The molecule has 1 fully saturated rings. The number of imide groups is 1. The van der Waals surface area contributed by atoms with E-state index in [0.29, 0.717) is 18.0 Å². The second kappa shape index (κ2) is 9.79. The second-order valence-electron chi connectivity index (χ2n) is 7.95. The van der Waals surface area contributed by atoms with Crippen molar-refractivity contribution < 1.29 is 22.7 Å². The van der Waals surface area contributed by atoms with Crippen LogP contribution >= 0.6 is 0 Å². The van der Waals surface area contributed by atoms with Crippen LogP contribution in [0, 0.1) is 0 Å². The lowest BCUT2D eigenvalue weighted by molar-refractivity contribution is -0.122. The first kappa shape index (κ1) is 23.7. The van der Waals surface area contributed by atoms with Gasteiger partial charge in [-0.15, -0.1) is 0 Å². The van der Waals surface area contributed by atoms with Crippen molar-refractivity contribution in [2.24, 2.45) is 0 Å². The minimum atomic E-state index is -4.09. The third-order valence-electron chi connectivity index (χ3n) is 5.82. The number of anilines is 1. The summed E-state index contributed by atoms with van der Waals surface area (Å²) in [5, 5.41) is 0. The van der Waals surface area contributed by atoms with Crippen LogP contribution in [0.25, 0.3) is 0 Å². The van der Waals surface area contributed by atoms with Crippen LogP contribution in [0.2, 0.25) is 0 Å². The molecule has 0 N–H and O–H groups in total. The molecule has 1 saturated heterocycles. The first-order valence-electron chi connectivity index (χ1n) is 11.1. The van der Waals surface area contributed by atoms with Gasteiger partial charge in [0.1, 0.15) is 11.8 Å². The van der Waals surface area contributed by atoms with Crippen molar-refractivity contribution in [1.82, 2.24) is 4.31 Å².